The monoisotopic (exact) mass is 302 g/mol. The Hall–Kier alpha value is -2.76. The lowest BCUT2D eigenvalue weighted by Gasteiger charge is -2.24. The summed E-state index contributed by atoms with van der Waals surface area (Å²) < 4.78 is 5.22. The van der Waals surface area contributed by atoms with E-state index in [0.717, 1.165) is 17.5 Å². The largest absolute Gasteiger partial charge is 0.502 e. The lowest BCUT2D eigenvalue weighted by Crippen LogP contribution is -2.28. The summed E-state index contributed by atoms with van der Waals surface area (Å²) in [7, 11) is 0. The summed E-state index contributed by atoms with van der Waals surface area (Å²) in [6.45, 7) is 2.67. The van der Waals surface area contributed by atoms with Crippen LogP contribution in [0.4, 0.5) is 5.69 Å². The van der Waals surface area contributed by atoms with Gasteiger partial charge >= 0.3 is 0 Å². The van der Waals surface area contributed by atoms with Crippen molar-refractivity contribution in [3.05, 3.63) is 58.1 Å². The molecule has 0 radical (unpaired) electrons. The van der Waals surface area contributed by atoms with Crippen LogP contribution in [-0.4, -0.2) is 17.6 Å². The highest BCUT2D eigenvalue weighted by Gasteiger charge is 2.12. The van der Waals surface area contributed by atoms with Gasteiger partial charge in [0, 0.05) is 24.7 Å². The molecule has 3 N–H and O–H groups in total. The average Bonchev–Trinajstić information content (AvgIpc) is 2.47. The van der Waals surface area contributed by atoms with Crippen LogP contribution in [0, 0.1) is 6.92 Å². The fourth-order valence-electron chi connectivity index (χ4n) is 2.08. The number of nitrogens with zero attached hydrogens (tertiary/aromatic N) is 1. The molecule has 2 aromatic rings. The molecule has 116 valence electrons. The summed E-state index contributed by atoms with van der Waals surface area (Å²) in [5.41, 5.74) is 6.69. The van der Waals surface area contributed by atoms with Crippen LogP contribution in [0.3, 0.4) is 0 Å². The van der Waals surface area contributed by atoms with Crippen LogP contribution >= 0.6 is 0 Å². The van der Waals surface area contributed by atoms with Gasteiger partial charge in [0.05, 0.1) is 6.54 Å². The van der Waals surface area contributed by atoms with E-state index in [4.69, 9.17) is 10.2 Å². The van der Waals surface area contributed by atoms with Crippen molar-refractivity contribution in [2.24, 2.45) is 5.73 Å². The van der Waals surface area contributed by atoms with Gasteiger partial charge in [-0.15, -0.1) is 0 Å². The first-order valence-corrected chi connectivity index (χ1v) is 6.86. The predicted octanol–water partition coefficient (Wildman–Crippen LogP) is 1.54. The third-order valence-electron chi connectivity index (χ3n) is 3.21. The van der Waals surface area contributed by atoms with E-state index in [0.29, 0.717) is 18.8 Å². The summed E-state index contributed by atoms with van der Waals surface area (Å²) in [4.78, 5) is 24.4. The van der Waals surface area contributed by atoms with E-state index < -0.39 is 17.1 Å². The Labute approximate surface area is 127 Å². The molecule has 0 spiro atoms. The number of aryl methyl sites for hydroxylation is 1. The van der Waals surface area contributed by atoms with Gasteiger partial charge in [-0.1, -0.05) is 12.1 Å². The molecule has 0 unspecified atom stereocenters. The van der Waals surface area contributed by atoms with Gasteiger partial charge in [-0.25, -0.2) is 0 Å². The summed E-state index contributed by atoms with van der Waals surface area (Å²) >= 11 is 0. The zero-order chi connectivity index (χ0) is 16.1. The van der Waals surface area contributed by atoms with Gasteiger partial charge < -0.3 is 20.2 Å². The Balaban J connectivity index is 2.25. The van der Waals surface area contributed by atoms with Gasteiger partial charge in [-0.05, 0) is 24.6 Å². The van der Waals surface area contributed by atoms with Crippen molar-refractivity contribution >= 4 is 11.6 Å². The minimum Gasteiger partial charge on any atom is -0.502 e. The first-order chi connectivity index (χ1) is 10.5. The van der Waals surface area contributed by atoms with Crippen LogP contribution in [0.2, 0.25) is 0 Å². The van der Waals surface area contributed by atoms with Gasteiger partial charge in [-0.2, -0.15) is 0 Å². The molecule has 0 atom stereocenters. The van der Waals surface area contributed by atoms with E-state index >= 15 is 0 Å². The van der Waals surface area contributed by atoms with Crippen LogP contribution in [0.15, 0.2) is 45.8 Å². The first kappa shape index (κ1) is 15.6. The number of amides is 1. The summed E-state index contributed by atoms with van der Waals surface area (Å²) in [5, 5.41) is 9.23. The molecule has 6 nitrogen and oxygen atoms in total. The van der Waals surface area contributed by atoms with Crippen molar-refractivity contribution in [1.82, 2.24) is 0 Å². The van der Waals surface area contributed by atoms with Crippen molar-refractivity contribution in [3.63, 3.8) is 0 Å². The van der Waals surface area contributed by atoms with Gasteiger partial charge in [-0.3, -0.25) is 9.59 Å². The molecule has 6 heteroatoms. The quantitative estimate of drug-likeness (QED) is 0.843. The molecule has 0 aliphatic rings. The summed E-state index contributed by atoms with van der Waals surface area (Å²) in [5.74, 6) is -0.429. The van der Waals surface area contributed by atoms with E-state index in [1.165, 1.54) is 6.07 Å². The van der Waals surface area contributed by atoms with Crippen molar-refractivity contribution in [1.29, 1.82) is 0 Å². The number of hydrogen-bond acceptors (Lipinski definition) is 5. The van der Waals surface area contributed by atoms with Crippen molar-refractivity contribution in [3.8, 4) is 5.75 Å². The summed E-state index contributed by atoms with van der Waals surface area (Å²) in [6.07, 6.45) is 1.20. The highest BCUT2D eigenvalue weighted by Crippen LogP contribution is 2.19. The Kier molecular flexibility index (Phi) is 4.83. The number of anilines is 1. The summed E-state index contributed by atoms with van der Waals surface area (Å²) in [6, 6.07) is 9.00. The van der Waals surface area contributed by atoms with E-state index in [9.17, 15) is 14.7 Å². The second kappa shape index (κ2) is 6.80. The molecular weight excluding hydrogens is 284 g/mol. The molecule has 0 bridgehead atoms. The molecule has 0 aliphatic carbocycles. The van der Waals surface area contributed by atoms with Gasteiger partial charge in [0.15, 0.2) is 5.75 Å². The first-order valence-electron chi connectivity index (χ1n) is 6.86. The van der Waals surface area contributed by atoms with Crippen molar-refractivity contribution in [2.75, 3.05) is 11.4 Å². The molecule has 1 aromatic heterocycles. The highest BCUT2D eigenvalue weighted by molar-refractivity contribution is 5.74. The van der Waals surface area contributed by atoms with Gasteiger partial charge in [0.25, 0.3) is 0 Å². The maximum absolute atomic E-state index is 11.5. The van der Waals surface area contributed by atoms with Crippen LogP contribution in [0.5, 0.6) is 5.75 Å². The Morgan fingerprint density at radius 2 is 2.14 bits per heavy atom. The number of carbonyl (C=O) groups excluding carboxylic acids is 1. The number of hydrogen-bond donors (Lipinski definition) is 2. The fourth-order valence-corrected chi connectivity index (χ4v) is 2.08. The standard InChI is InChI=1S/C16H18N2O4/c1-11-3-2-4-12(7-11)18(6-5-16(17)21)9-13-8-14(19)15(20)10-22-13/h2-4,7-8,10,20H,5-6,9H2,1H3,(H2,17,21). The van der Waals surface area contributed by atoms with E-state index in [1.54, 1.807) is 0 Å². The smallest absolute Gasteiger partial charge is 0.226 e. The molecule has 22 heavy (non-hydrogen) atoms. The minimum atomic E-state index is -0.500. The van der Waals surface area contributed by atoms with E-state index in [2.05, 4.69) is 0 Å². The molecular formula is C16H18N2O4. The van der Waals surface area contributed by atoms with Crippen LogP contribution in [-0.2, 0) is 11.3 Å². The second-order valence-corrected chi connectivity index (χ2v) is 5.07. The van der Waals surface area contributed by atoms with E-state index in [-0.39, 0.29) is 6.42 Å². The van der Waals surface area contributed by atoms with Gasteiger partial charge in [0.2, 0.25) is 11.3 Å². The average molecular weight is 302 g/mol. The second-order valence-electron chi connectivity index (χ2n) is 5.07. The Bertz CT molecular complexity index is 724. The zero-order valence-electron chi connectivity index (χ0n) is 12.3. The van der Waals surface area contributed by atoms with Crippen molar-refractivity contribution < 1.29 is 14.3 Å². The molecule has 1 aromatic carbocycles. The number of rotatable bonds is 6. The topological polar surface area (TPSA) is 96.8 Å². The molecule has 0 saturated carbocycles. The lowest BCUT2D eigenvalue weighted by molar-refractivity contribution is -0.117. The number of carbonyl (C=O) groups is 1. The minimum absolute atomic E-state index is 0.191. The Morgan fingerprint density at radius 3 is 2.77 bits per heavy atom. The molecule has 2 rings (SSSR count). The Morgan fingerprint density at radius 1 is 1.36 bits per heavy atom. The van der Waals surface area contributed by atoms with Gasteiger partial charge in [0.1, 0.15) is 12.0 Å². The van der Waals surface area contributed by atoms with E-state index in [1.807, 2.05) is 36.1 Å². The number of primary amides is 1. The zero-order valence-corrected chi connectivity index (χ0v) is 12.3. The molecule has 1 amide bonds. The molecule has 1 heterocycles. The molecule has 0 aliphatic heterocycles. The maximum Gasteiger partial charge on any atom is 0.226 e. The third kappa shape index (κ3) is 4.12. The number of aromatic hydroxyl groups is 1. The molecule has 0 saturated heterocycles. The van der Waals surface area contributed by atoms with Crippen LogP contribution < -0.4 is 16.1 Å². The van der Waals surface area contributed by atoms with Crippen LogP contribution in [0.1, 0.15) is 17.7 Å². The predicted molar refractivity (Wildman–Crippen MR) is 82.7 cm³/mol. The number of nitrogens with two attached hydrogens (primary N) is 1. The number of benzene rings is 1. The van der Waals surface area contributed by atoms with Crippen LogP contribution in [0.25, 0.3) is 0 Å². The third-order valence-corrected chi connectivity index (χ3v) is 3.21. The maximum atomic E-state index is 11.5. The van der Waals surface area contributed by atoms with Crippen molar-refractivity contribution in [2.45, 2.75) is 19.9 Å². The fraction of sp³-hybridized carbons (Fsp3) is 0.250. The lowest BCUT2D eigenvalue weighted by atomic mass is 10.2. The highest BCUT2D eigenvalue weighted by atomic mass is 16.4. The normalized spacial score (nSPS) is 10.4. The molecule has 0 fully saturated rings. The SMILES string of the molecule is Cc1cccc(N(CCC(N)=O)Cc2cc(=O)c(O)co2)c1.